The van der Waals surface area contributed by atoms with E-state index < -0.39 is 0 Å². The minimum Gasteiger partial charge on any atom is -0.462 e. The first kappa shape index (κ1) is 37.5. The SMILES string of the molecule is CC/C=C/C=C/C=C\C=C/C=C/CCCC(=O)OC1CCC2(C)C(=CCC3C2CCC2(C)C(C(C)/C=C/C(CC)C(C)C)CCC32)C1. The first-order chi connectivity index (χ1) is 22.6. The monoisotopic (exact) mass is 641 g/mol. The molecule has 0 heterocycles. The summed E-state index contributed by atoms with van der Waals surface area (Å²) in [6.07, 6.45) is 43.0. The van der Waals surface area contributed by atoms with Crippen molar-refractivity contribution in [1.82, 2.24) is 0 Å². The molecular weight excluding hydrogens is 572 g/mol. The highest BCUT2D eigenvalue weighted by molar-refractivity contribution is 5.69. The number of rotatable bonds is 15. The molecule has 47 heavy (non-hydrogen) atoms. The lowest BCUT2D eigenvalue weighted by Crippen LogP contribution is -2.51. The summed E-state index contributed by atoms with van der Waals surface area (Å²) in [6.45, 7) is 17.0. The fourth-order valence-electron chi connectivity index (χ4n) is 10.3. The Morgan fingerprint density at radius 1 is 0.872 bits per heavy atom. The number of allylic oxidation sites excluding steroid dienone is 13. The molecule has 4 aliphatic rings. The summed E-state index contributed by atoms with van der Waals surface area (Å²) >= 11 is 0. The molecule has 0 amide bonds. The van der Waals surface area contributed by atoms with Crippen LogP contribution in [0.15, 0.2) is 84.6 Å². The second-order valence-electron chi connectivity index (χ2n) is 16.2. The van der Waals surface area contributed by atoms with Crippen LogP contribution in [0.1, 0.15) is 132 Å². The number of carbonyl (C=O) groups excluding carboxylic acids is 1. The summed E-state index contributed by atoms with van der Waals surface area (Å²) in [5.74, 6) is 5.38. The van der Waals surface area contributed by atoms with Crippen molar-refractivity contribution in [2.45, 2.75) is 138 Å². The Balaban J connectivity index is 1.24. The maximum Gasteiger partial charge on any atom is 0.306 e. The van der Waals surface area contributed by atoms with Crippen molar-refractivity contribution in [2.75, 3.05) is 0 Å². The van der Waals surface area contributed by atoms with Gasteiger partial charge in [-0.15, -0.1) is 0 Å². The molecule has 9 unspecified atom stereocenters. The molecule has 0 aromatic heterocycles. The van der Waals surface area contributed by atoms with Gasteiger partial charge < -0.3 is 4.74 Å². The Hall–Kier alpha value is -2.35. The van der Waals surface area contributed by atoms with Gasteiger partial charge in [-0.1, -0.05) is 133 Å². The second-order valence-corrected chi connectivity index (χ2v) is 16.2. The molecule has 2 nitrogen and oxygen atoms in total. The number of fused-ring (bicyclic) bond motifs is 5. The molecule has 4 aliphatic carbocycles. The van der Waals surface area contributed by atoms with Crippen LogP contribution in [0.5, 0.6) is 0 Å². The van der Waals surface area contributed by atoms with Crippen LogP contribution in [0, 0.1) is 52.3 Å². The first-order valence-corrected chi connectivity index (χ1v) is 19.5. The third kappa shape index (κ3) is 9.42. The van der Waals surface area contributed by atoms with Crippen molar-refractivity contribution in [3.63, 3.8) is 0 Å². The maximum absolute atomic E-state index is 12.8. The van der Waals surface area contributed by atoms with Gasteiger partial charge in [-0.3, -0.25) is 4.79 Å². The highest BCUT2D eigenvalue weighted by Gasteiger charge is 2.59. The van der Waals surface area contributed by atoms with Crippen LogP contribution in [-0.2, 0) is 9.53 Å². The Bertz CT molecular complexity index is 1210. The van der Waals surface area contributed by atoms with Crippen molar-refractivity contribution in [2.24, 2.45) is 52.3 Å². The van der Waals surface area contributed by atoms with Crippen molar-refractivity contribution in [3.05, 3.63) is 84.6 Å². The molecule has 0 aromatic carbocycles. The molecule has 0 aromatic rings. The topological polar surface area (TPSA) is 26.3 Å². The van der Waals surface area contributed by atoms with Gasteiger partial charge in [0.05, 0.1) is 0 Å². The largest absolute Gasteiger partial charge is 0.462 e. The molecule has 0 aliphatic heterocycles. The van der Waals surface area contributed by atoms with Crippen LogP contribution < -0.4 is 0 Å². The van der Waals surface area contributed by atoms with Gasteiger partial charge in [-0.05, 0) is 123 Å². The molecule has 2 heteroatoms. The van der Waals surface area contributed by atoms with Gasteiger partial charge in [0.25, 0.3) is 0 Å². The highest BCUT2D eigenvalue weighted by Crippen LogP contribution is 2.67. The standard InChI is InChI=1S/C45H68O2/c1-8-10-11-12-13-14-15-16-17-18-19-20-21-22-43(46)47-38-29-31-44(6)37(33-38)25-26-39-41-28-27-40(45(41,7)32-30-42(39)44)35(5)23-24-36(9-2)34(3)4/h10-19,23-25,34-36,38-42H,8-9,20-22,26-33H2,1-7H3/b11-10+,13-12+,15-14-,17-16-,19-18+,24-23+. The maximum atomic E-state index is 12.8. The van der Waals surface area contributed by atoms with Crippen LogP contribution >= 0.6 is 0 Å². The van der Waals surface area contributed by atoms with Crippen molar-refractivity contribution in [1.29, 1.82) is 0 Å². The van der Waals surface area contributed by atoms with E-state index in [1.54, 1.807) is 5.57 Å². The predicted molar refractivity (Wildman–Crippen MR) is 202 cm³/mol. The van der Waals surface area contributed by atoms with E-state index >= 15 is 0 Å². The lowest BCUT2D eigenvalue weighted by atomic mass is 9.47. The van der Waals surface area contributed by atoms with Gasteiger partial charge in [0.1, 0.15) is 6.10 Å². The fraction of sp³-hybridized carbons (Fsp3) is 0.667. The highest BCUT2D eigenvalue weighted by atomic mass is 16.5. The second kappa shape index (κ2) is 17.9. The van der Waals surface area contributed by atoms with E-state index in [2.05, 4.69) is 91.0 Å². The molecule has 4 rings (SSSR count). The molecule has 9 atom stereocenters. The first-order valence-electron chi connectivity index (χ1n) is 19.5. The molecule has 260 valence electrons. The number of hydrogen-bond donors (Lipinski definition) is 0. The van der Waals surface area contributed by atoms with Gasteiger partial charge in [-0.25, -0.2) is 0 Å². The average molecular weight is 641 g/mol. The summed E-state index contributed by atoms with van der Waals surface area (Å²) in [4.78, 5) is 12.8. The molecule has 0 saturated heterocycles. The average Bonchev–Trinajstić information content (AvgIpc) is 3.41. The van der Waals surface area contributed by atoms with Crippen LogP contribution in [0.25, 0.3) is 0 Å². The summed E-state index contributed by atoms with van der Waals surface area (Å²) < 4.78 is 6.07. The van der Waals surface area contributed by atoms with Crippen molar-refractivity contribution >= 4 is 5.97 Å². The molecule has 0 bridgehead atoms. The lowest BCUT2D eigenvalue weighted by molar-refractivity contribution is -0.151. The minimum absolute atomic E-state index is 0.0177. The van der Waals surface area contributed by atoms with Gasteiger partial charge in [0, 0.05) is 12.8 Å². The number of hydrogen-bond acceptors (Lipinski definition) is 2. The van der Waals surface area contributed by atoms with Crippen LogP contribution in [0.3, 0.4) is 0 Å². The summed E-state index contributed by atoms with van der Waals surface area (Å²) in [5, 5.41) is 0. The van der Waals surface area contributed by atoms with Crippen molar-refractivity contribution < 1.29 is 9.53 Å². The molecule has 0 spiro atoms. The van der Waals surface area contributed by atoms with E-state index in [-0.39, 0.29) is 17.5 Å². The van der Waals surface area contributed by atoms with E-state index in [0.717, 1.165) is 61.7 Å². The zero-order chi connectivity index (χ0) is 33.9. The van der Waals surface area contributed by atoms with E-state index in [4.69, 9.17) is 4.74 Å². The molecule has 0 N–H and O–H groups in total. The van der Waals surface area contributed by atoms with Gasteiger partial charge in [0.2, 0.25) is 0 Å². The zero-order valence-corrected chi connectivity index (χ0v) is 31.1. The summed E-state index contributed by atoms with van der Waals surface area (Å²) in [6, 6.07) is 0. The predicted octanol–water partition coefficient (Wildman–Crippen LogP) is 12.7. The van der Waals surface area contributed by atoms with E-state index in [0.29, 0.717) is 23.7 Å². The number of ether oxygens (including phenoxy) is 1. The van der Waals surface area contributed by atoms with Gasteiger partial charge >= 0.3 is 5.97 Å². The summed E-state index contributed by atoms with van der Waals surface area (Å²) in [7, 11) is 0. The number of carbonyl (C=O) groups is 1. The molecule has 3 saturated carbocycles. The lowest BCUT2D eigenvalue weighted by Gasteiger charge is -2.58. The smallest absolute Gasteiger partial charge is 0.306 e. The summed E-state index contributed by atoms with van der Waals surface area (Å²) in [5.41, 5.74) is 2.37. The molecule has 0 radical (unpaired) electrons. The van der Waals surface area contributed by atoms with Crippen molar-refractivity contribution in [3.8, 4) is 0 Å². The Kier molecular flexibility index (Phi) is 14.2. The molecular formula is C45H68O2. The van der Waals surface area contributed by atoms with Crippen LogP contribution in [0.4, 0.5) is 0 Å². The quantitative estimate of drug-likeness (QED) is 0.0770. The Morgan fingerprint density at radius 2 is 1.57 bits per heavy atom. The van der Waals surface area contributed by atoms with E-state index in [9.17, 15) is 4.79 Å². The minimum atomic E-state index is -0.0177. The zero-order valence-electron chi connectivity index (χ0n) is 31.1. The van der Waals surface area contributed by atoms with Crippen LogP contribution in [-0.4, -0.2) is 12.1 Å². The Labute approximate surface area is 289 Å². The number of unbranched alkanes of at least 4 members (excludes halogenated alkanes) is 1. The van der Waals surface area contributed by atoms with E-state index in [1.807, 2.05) is 36.5 Å². The van der Waals surface area contributed by atoms with E-state index in [1.165, 1.54) is 44.9 Å². The van der Waals surface area contributed by atoms with Crippen LogP contribution in [0.2, 0.25) is 0 Å². The van der Waals surface area contributed by atoms with Gasteiger partial charge in [-0.2, -0.15) is 0 Å². The molecule has 3 fully saturated rings. The fourth-order valence-corrected chi connectivity index (χ4v) is 10.3. The third-order valence-corrected chi connectivity index (χ3v) is 13.1. The number of esters is 1. The normalized spacial score (nSPS) is 34.1. The Morgan fingerprint density at radius 3 is 2.26 bits per heavy atom. The van der Waals surface area contributed by atoms with Gasteiger partial charge in [0.15, 0.2) is 0 Å². The third-order valence-electron chi connectivity index (χ3n) is 13.1.